The third kappa shape index (κ3) is 2.51. The minimum atomic E-state index is -0.387. The van der Waals surface area contributed by atoms with Gasteiger partial charge in [0.05, 0.1) is 31.1 Å². The van der Waals surface area contributed by atoms with E-state index in [0.717, 1.165) is 5.56 Å². The Balaban J connectivity index is 2.30. The predicted molar refractivity (Wildman–Crippen MR) is 64.9 cm³/mol. The van der Waals surface area contributed by atoms with Gasteiger partial charge in [-0.1, -0.05) is 23.4 Å². The number of carbonyl (C=O) groups is 1. The summed E-state index contributed by atoms with van der Waals surface area (Å²) in [6.07, 6.45) is 0.845. The molecule has 1 aliphatic rings. The average molecular weight is 249 g/mol. The molecular formula is C13H15NO4. The summed E-state index contributed by atoms with van der Waals surface area (Å²) in [4.78, 5) is 11.7. The van der Waals surface area contributed by atoms with Gasteiger partial charge in [-0.3, -0.25) is 0 Å². The molecule has 0 unspecified atom stereocenters. The average Bonchev–Trinajstić information content (AvgIpc) is 2.46. The van der Waals surface area contributed by atoms with E-state index in [1.54, 1.807) is 12.1 Å². The van der Waals surface area contributed by atoms with Crippen LogP contribution in [0.25, 0.3) is 0 Å². The van der Waals surface area contributed by atoms with E-state index in [4.69, 9.17) is 14.7 Å². The van der Waals surface area contributed by atoms with Crippen molar-refractivity contribution in [2.45, 2.75) is 18.9 Å². The van der Waals surface area contributed by atoms with Gasteiger partial charge in [-0.05, 0) is 11.6 Å². The van der Waals surface area contributed by atoms with E-state index >= 15 is 0 Å². The fraction of sp³-hybridized carbons (Fsp3) is 0.385. The maximum absolute atomic E-state index is 11.7. The molecule has 5 heteroatoms. The summed E-state index contributed by atoms with van der Waals surface area (Å²) in [5.74, 6) is -0.387. The van der Waals surface area contributed by atoms with Gasteiger partial charge in [0.2, 0.25) is 0 Å². The molecule has 1 aliphatic heterocycles. The lowest BCUT2D eigenvalue weighted by atomic mass is 9.96. The highest BCUT2D eigenvalue weighted by molar-refractivity contribution is 5.92. The molecule has 1 N–H and O–H groups in total. The molecular weight excluding hydrogens is 234 g/mol. The van der Waals surface area contributed by atoms with Crippen molar-refractivity contribution in [1.29, 1.82) is 0 Å². The quantitative estimate of drug-likeness (QED) is 0.495. The van der Waals surface area contributed by atoms with Crippen LogP contribution in [-0.4, -0.2) is 30.6 Å². The van der Waals surface area contributed by atoms with Crippen LogP contribution in [0.3, 0.4) is 0 Å². The first kappa shape index (κ1) is 12.6. The first-order valence-electron chi connectivity index (χ1n) is 5.75. The molecule has 1 atom stereocenters. The number of benzene rings is 1. The standard InChI is InChI=1S/C13H15NO4/c1-17-13(15)11-5-3-2-4-10(11)12-8-9(14-16)6-7-18-12/h2-5,12,16H,6-8H2,1H3/b14-9-/t12-/m1/s1. The van der Waals surface area contributed by atoms with Gasteiger partial charge in [-0.15, -0.1) is 0 Å². The van der Waals surface area contributed by atoms with Gasteiger partial charge in [0.25, 0.3) is 0 Å². The van der Waals surface area contributed by atoms with Crippen LogP contribution in [0, 0.1) is 0 Å². The Bertz CT molecular complexity index is 470. The van der Waals surface area contributed by atoms with E-state index < -0.39 is 0 Å². The molecule has 0 bridgehead atoms. The largest absolute Gasteiger partial charge is 0.465 e. The van der Waals surface area contributed by atoms with Crippen LogP contribution in [0.2, 0.25) is 0 Å². The number of hydrogen-bond donors (Lipinski definition) is 1. The zero-order chi connectivity index (χ0) is 13.0. The monoisotopic (exact) mass is 249 g/mol. The smallest absolute Gasteiger partial charge is 0.338 e. The van der Waals surface area contributed by atoms with Gasteiger partial charge >= 0.3 is 5.97 Å². The van der Waals surface area contributed by atoms with Gasteiger partial charge in [-0.25, -0.2) is 4.79 Å². The second-order valence-corrected chi connectivity index (χ2v) is 4.06. The van der Waals surface area contributed by atoms with E-state index in [-0.39, 0.29) is 12.1 Å². The molecule has 1 aromatic carbocycles. The molecule has 0 radical (unpaired) electrons. The van der Waals surface area contributed by atoms with Gasteiger partial charge in [0, 0.05) is 12.8 Å². The first-order valence-corrected chi connectivity index (χ1v) is 5.75. The lowest BCUT2D eigenvalue weighted by molar-refractivity contribution is 0.0441. The van der Waals surface area contributed by atoms with Gasteiger partial charge in [0.15, 0.2) is 0 Å². The number of carbonyl (C=O) groups excluding carboxylic acids is 1. The summed E-state index contributed by atoms with van der Waals surface area (Å²) in [7, 11) is 1.35. The minimum absolute atomic E-state index is 0.264. The van der Waals surface area contributed by atoms with Crippen molar-refractivity contribution >= 4 is 11.7 Å². The molecule has 1 fully saturated rings. The van der Waals surface area contributed by atoms with Crippen molar-refractivity contribution < 1.29 is 19.5 Å². The molecule has 1 heterocycles. The Morgan fingerprint density at radius 3 is 3.00 bits per heavy atom. The molecule has 0 amide bonds. The molecule has 0 saturated carbocycles. The van der Waals surface area contributed by atoms with Crippen molar-refractivity contribution in [2.24, 2.45) is 5.16 Å². The van der Waals surface area contributed by atoms with E-state index in [2.05, 4.69) is 5.16 Å². The van der Waals surface area contributed by atoms with E-state index in [0.29, 0.717) is 30.7 Å². The zero-order valence-corrected chi connectivity index (χ0v) is 10.1. The van der Waals surface area contributed by atoms with Crippen molar-refractivity contribution in [2.75, 3.05) is 13.7 Å². The highest BCUT2D eigenvalue weighted by Crippen LogP contribution is 2.29. The van der Waals surface area contributed by atoms with Crippen LogP contribution in [0.4, 0.5) is 0 Å². The summed E-state index contributed by atoms with van der Waals surface area (Å²) in [6.45, 7) is 0.486. The Morgan fingerprint density at radius 2 is 2.28 bits per heavy atom. The van der Waals surface area contributed by atoms with E-state index in [1.165, 1.54) is 7.11 Å². The normalized spacial score (nSPS) is 21.8. The Morgan fingerprint density at radius 1 is 1.50 bits per heavy atom. The van der Waals surface area contributed by atoms with Crippen molar-refractivity contribution in [3.63, 3.8) is 0 Å². The van der Waals surface area contributed by atoms with Crippen LogP contribution < -0.4 is 0 Å². The second kappa shape index (κ2) is 5.64. The summed E-state index contributed by atoms with van der Waals surface area (Å²) >= 11 is 0. The predicted octanol–water partition coefficient (Wildman–Crippen LogP) is 2.15. The molecule has 0 aliphatic carbocycles. The minimum Gasteiger partial charge on any atom is -0.465 e. The van der Waals surface area contributed by atoms with Crippen LogP contribution in [0.5, 0.6) is 0 Å². The highest BCUT2D eigenvalue weighted by Gasteiger charge is 2.25. The van der Waals surface area contributed by atoms with Gasteiger partial charge in [0.1, 0.15) is 0 Å². The van der Waals surface area contributed by atoms with Crippen molar-refractivity contribution in [3.8, 4) is 0 Å². The molecule has 96 valence electrons. The van der Waals surface area contributed by atoms with Crippen LogP contribution in [0.15, 0.2) is 29.4 Å². The summed E-state index contributed by atoms with van der Waals surface area (Å²) in [6, 6.07) is 7.15. The molecule has 1 aromatic rings. The third-order valence-corrected chi connectivity index (χ3v) is 2.99. The number of esters is 1. The number of nitrogens with zero attached hydrogens (tertiary/aromatic N) is 1. The number of methoxy groups -OCH3 is 1. The lowest BCUT2D eigenvalue weighted by Gasteiger charge is -2.25. The summed E-state index contributed by atoms with van der Waals surface area (Å²) < 4.78 is 10.4. The Kier molecular flexibility index (Phi) is 3.94. The maximum atomic E-state index is 11.7. The molecule has 1 saturated heterocycles. The van der Waals surface area contributed by atoms with E-state index in [9.17, 15) is 4.79 Å². The number of rotatable bonds is 2. The SMILES string of the molecule is COC(=O)c1ccccc1[C@H]1C/C(=N\O)CCO1. The zero-order valence-electron chi connectivity index (χ0n) is 10.1. The topological polar surface area (TPSA) is 68.1 Å². The summed E-state index contributed by atoms with van der Waals surface area (Å²) in [5.41, 5.74) is 1.94. The van der Waals surface area contributed by atoms with Crippen molar-refractivity contribution in [3.05, 3.63) is 35.4 Å². The van der Waals surface area contributed by atoms with E-state index in [1.807, 2.05) is 12.1 Å². The Hall–Kier alpha value is -1.88. The molecule has 0 spiro atoms. The number of ether oxygens (including phenoxy) is 2. The Labute approximate surface area is 105 Å². The van der Waals surface area contributed by atoms with Crippen LogP contribution >= 0.6 is 0 Å². The van der Waals surface area contributed by atoms with Gasteiger partial charge in [-0.2, -0.15) is 0 Å². The third-order valence-electron chi connectivity index (χ3n) is 2.99. The molecule has 5 nitrogen and oxygen atoms in total. The number of hydrogen-bond acceptors (Lipinski definition) is 5. The molecule has 2 rings (SSSR count). The second-order valence-electron chi connectivity index (χ2n) is 4.06. The first-order chi connectivity index (χ1) is 8.76. The van der Waals surface area contributed by atoms with Crippen LogP contribution in [0.1, 0.15) is 34.9 Å². The molecule has 0 aromatic heterocycles. The number of oxime groups is 1. The lowest BCUT2D eigenvalue weighted by Crippen LogP contribution is -2.21. The fourth-order valence-corrected chi connectivity index (χ4v) is 2.06. The fourth-order valence-electron chi connectivity index (χ4n) is 2.06. The molecule has 18 heavy (non-hydrogen) atoms. The van der Waals surface area contributed by atoms with Crippen molar-refractivity contribution in [1.82, 2.24) is 0 Å². The highest BCUT2D eigenvalue weighted by atomic mass is 16.5. The maximum Gasteiger partial charge on any atom is 0.338 e. The summed E-state index contributed by atoms with van der Waals surface area (Å²) in [5, 5.41) is 12.1. The van der Waals surface area contributed by atoms with Crippen LogP contribution in [-0.2, 0) is 9.47 Å². The van der Waals surface area contributed by atoms with Gasteiger partial charge < -0.3 is 14.7 Å².